The molecule has 0 atom stereocenters. The minimum absolute atomic E-state index is 0.468. The number of imidazole rings is 1. The van der Waals surface area contributed by atoms with Crippen molar-refractivity contribution in [2.45, 2.75) is 16.6 Å². The fraction of sp³-hybridized carbons (Fsp3) is 0.194. The first-order chi connectivity index (χ1) is 19.6. The van der Waals surface area contributed by atoms with Crippen LogP contribution < -0.4 is 5.32 Å². The first-order valence-corrected chi connectivity index (χ1v) is 14.2. The predicted molar refractivity (Wildman–Crippen MR) is 160 cm³/mol. The number of hydrogen-bond acceptors (Lipinski definition) is 7. The number of fused-ring (bicyclic) bond motifs is 1. The van der Waals surface area contributed by atoms with E-state index in [4.69, 9.17) is 21.3 Å². The Morgan fingerprint density at radius 2 is 1.82 bits per heavy atom. The van der Waals surface area contributed by atoms with Gasteiger partial charge in [0.25, 0.3) is 0 Å². The van der Waals surface area contributed by atoms with Crippen LogP contribution in [0.15, 0.2) is 89.2 Å². The number of nitrogens with zero attached hydrogens (tertiary/aromatic N) is 5. The van der Waals surface area contributed by atoms with E-state index in [9.17, 15) is 5.26 Å². The molecule has 0 aliphatic carbocycles. The highest BCUT2D eigenvalue weighted by atomic mass is 35.5. The van der Waals surface area contributed by atoms with Gasteiger partial charge in [-0.2, -0.15) is 5.26 Å². The Labute approximate surface area is 242 Å². The fourth-order valence-corrected chi connectivity index (χ4v) is 5.80. The summed E-state index contributed by atoms with van der Waals surface area (Å²) in [5, 5.41) is 15.5. The molecule has 40 heavy (non-hydrogen) atoms. The van der Waals surface area contributed by atoms with Gasteiger partial charge in [-0.3, -0.25) is 4.90 Å². The number of benzene rings is 3. The molecular weight excluding hydrogens is 540 g/mol. The van der Waals surface area contributed by atoms with E-state index in [1.54, 1.807) is 6.20 Å². The van der Waals surface area contributed by atoms with Crippen molar-refractivity contribution >= 4 is 45.8 Å². The Morgan fingerprint density at radius 1 is 1.02 bits per heavy atom. The van der Waals surface area contributed by atoms with Gasteiger partial charge in [-0.15, -0.1) is 0 Å². The smallest absolute Gasteiger partial charge is 0.172 e. The van der Waals surface area contributed by atoms with Gasteiger partial charge in [0.1, 0.15) is 11.9 Å². The molecular formula is C31H27ClN6OS. The zero-order valence-electron chi connectivity index (χ0n) is 22.0. The number of nitriles is 1. The van der Waals surface area contributed by atoms with Crippen molar-refractivity contribution in [1.29, 1.82) is 5.26 Å². The highest BCUT2D eigenvalue weighted by Gasteiger charge is 2.13. The summed E-state index contributed by atoms with van der Waals surface area (Å²) in [5.41, 5.74) is 5.52. The molecule has 1 N–H and O–H groups in total. The highest BCUT2D eigenvalue weighted by Crippen LogP contribution is 2.35. The quantitative estimate of drug-likeness (QED) is 0.230. The van der Waals surface area contributed by atoms with Crippen LogP contribution in [0.3, 0.4) is 0 Å². The third kappa shape index (κ3) is 5.83. The lowest BCUT2D eigenvalue weighted by Gasteiger charge is -2.26. The Kier molecular flexibility index (Phi) is 7.71. The second-order valence-corrected chi connectivity index (χ2v) is 11.1. The summed E-state index contributed by atoms with van der Waals surface area (Å²) in [6, 6.07) is 24.7. The average Bonchev–Trinajstić information content (AvgIpc) is 3.38. The van der Waals surface area contributed by atoms with Gasteiger partial charge in [0.2, 0.25) is 0 Å². The molecule has 0 radical (unpaired) electrons. The molecule has 0 unspecified atom stereocenters. The van der Waals surface area contributed by atoms with Crippen LogP contribution in [-0.4, -0.2) is 45.7 Å². The maximum absolute atomic E-state index is 9.82. The number of morpholine rings is 1. The highest BCUT2D eigenvalue weighted by molar-refractivity contribution is 7.99. The summed E-state index contributed by atoms with van der Waals surface area (Å²) in [4.78, 5) is 12.5. The van der Waals surface area contributed by atoms with Crippen molar-refractivity contribution in [2.24, 2.45) is 7.05 Å². The van der Waals surface area contributed by atoms with Crippen LogP contribution in [-0.2, 0) is 18.3 Å². The standard InChI is InChI=1S/C31H27ClN6OS/c1-37-11-10-34-31(37)40-29-9-8-26(18-27(29)32)35-30-25(19-33)16-24-7-6-23(17-28(24)36-30)22-4-2-21(3-5-22)20-38-12-14-39-15-13-38/h2-11,16-18H,12-15,20H2,1H3,(H,35,36). The molecule has 3 aromatic carbocycles. The molecule has 6 rings (SSSR count). The van der Waals surface area contributed by atoms with Gasteiger partial charge in [-0.1, -0.05) is 59.8 Å². The van der Waals surface area contributed by atoms with Gasteiger partial charge in [0, 0.05) is 55.0 Å². The number of pyridine rings is 1. The first kappa shape index (κ1) is 26.4. The summed E-state index contributed by atoms with van der Waals surface area (Å²) in [6.45, 7) is 4.48. The number of aryl methyl sites for hydroxylation is 1. The second kappa shape index (κ2) is 11.7. The van der Waals surface area contributed by atoms with Crippen molar-refractivity contribution in [3.05, 3.63) is 95.3 Å². The third-order valence-electron chi connectivity index (χ3n) is 6.91. The minimum Gasteiger partial charge on any atom is -0.379 e. The van der Waals surface area contributed by atoms with Crippen LogP contribution in [0.5, 0.6) is 0 Å². The maximum atomic E-state index is 9.82. The van der Waals surface area contributed by atoms with Crippen LogP contribution in [0, 0.1) is 11.3 Å². The van der Waals surface area contributed by atoms with E-state index in [-0.39, 0.29) is 0 Å². The predicted octanol–water partition coefficient (Wildman–Crippen LogP) is 6.89. The zero-order chi connectivity index (χ0) is 27.5. The number of hydrogen-bond donors (Lipinski definition) is 1. The number of rotatable bonds is 7. The molecule has 0 saturated carbocycles. The van der Waals surface area contributed by atoms with E-state index in [1.165, 1.54) is 17.3 Å². The normalized spacial score (nSPS) is 13.8. The molecule has 1 aliphatic rings. The van der Waals surface area contributed by atoms with E-state index in [0.717, 1.165) is 70.6 Å². The summed E-state index contributed by atoms with van der Waals surface area (Å²) in [6.07, 6.45) is 3.66. The maximum Gasteiger partial charge on any atom is 0.172 e. The Morgan fingerprint density at radius 3 is 2.55 bits per heavy atom. The monoisotopic (exact) mass is 566 g/mol. The number of aromatic nitrogens is 3. The fourth-order valence-electron chi connectivity index (χ4n) is 4.69. The van der Waals surface area contributed by atoms with Gasteiger partial charge < -0.3 is 14.6 Å². The van der Waals surface area contributed by atoms with Gasteiger partial charge in [-0.05, 0) is 47.0 Å². The van der Waals surface area contributed by atoms with Crippen LogP contribution in [0.2, 0.25) is 5.02 Å². The molecule has 5 aromatic rings. The van der Waals surface area contributed by atoms with Gasteiger partial charge >= 0.3 is 0 Å². The minimum atomic E-state index is 0.468. The van der Waals surface area contributed by atoms with Gasteiger partial charge in [0.05, 0.1) is 29.3 Å². The average molecular weight is 567 g/mol. The SMILES string of the molecule is Cn1ccnc1Sc1ccc(Nc2nc3cc(-c4ccc(CN5CCOCC5)cc4)ccc3cc2C#N)cc1Cl. The van der Waals surface area contributed by atoms with Gasteiger partial charge in [-0.25, -0.2) is 9.97 Å². The van der Waals surface area contributed by atoms with Crippen molar-refractivity contribution in [2.75, 3.05) is 31.6 Å². The van der Waals surface area contributed by atoms with Crippen molar-refractivity contribution in [1.82, 2.24) is 19.4 Å². The summed E-state index contributed by atoms with van der Waals surface area (Å²) in [7, 11) is 1.95. The molecule has 0 spiro atoms. The molecule has 0 bridgehead atoms. The summed E-state index contributed by atoms with van der Waals surface area (Å²) < 4.78 is 7.40. The van der Waals surface area contributed by atoms with Crippen LogP contribution in [0.25, 0.3) is 22.0 Å². The Bertz CT molecular complexity index is 1710. The zero-order valence-corrected chi connectivity index (χ0v) is 23.5. The number of ether oxygens (including phenoxy) is 1. The molecule has 1 fully saturated rings. The van der Waals surface area contributed by atoms with Gasteiger partial charge in [0.15, 0.2) is 5.16 Å². The molecule has 1 saturated heterocycles. The molecule has 1 aliphatic heterocycles. The number of halogens is 1. The van der Waals surface area contributed by atoms with E-state index >= 15 is 0 Å². The summed E-state index contributed by atoms with van der Waals surface area (Å²) >= 11 is 8.09. The first-order valence-electron chi connectivity index (χ1n) is 13.0. The largest absolute Gasteiger partial charge is 0.379 e. The van der Waals surface area contributed by atoms with Crippen LogP contribution in [0.4, 0.5) is 11.5 Å². The van der Waals surface area contributed by atoms with Crippen LogP contribution in [0.1, 0.15) is 11.1 Å². The molecule has 3 heterocycles. The number of nitrogens with one attached hydrogen (secondary N) is 1. The molecule has 200 valence electrons. The second-order valence-electron chi connectivity index (χ2n) is 9.68. The lowest BCUT2D eigenvalue weighted by molar-refractivity contribution is 0.0342. The molecule has 0 amide bonds. The number of anilines is 2. The van der Waals surface area contributed by atoms with Crippen molar-refractivity contribution < 1.29 is 4.74 Å². The van der Waals surface area contributed by atoms with E-state index in [1.807, 2.05) is 48.1 Å². The lowest BCUT2D eigenvalue weighted by Crippen LogP contribution is -2.35. The molecule has 9 heteroatoms. The lowest BCUT2D eigenvalue weighted by atomic mass is 10.0. The van der Waals surface area contributed by atoms with E-state index in [2.05, 4.69) is 57.7 Å². The Balaban J connectivity index is 1.23. The van der Waals surface area contributed by atoms with E-state index < -0.39 is 0 Å². The van der Waals surface area contributed by atoms with E-state index in [0.29, 0.717) is 16.4 Å². The van der Waals surface area contributed by atoms with Crippen molar-refractivity contribution in [3.63, 3.8) is 0 Å². The Hall–Kier alpha value is -3.87. The third-order valence-corrected chi connectivity index (χ3v) is 8.48. The van der Waals surface area contributed by atoms with Crippen molar-refractivity contribution in [3.8, 4) is 17.2 Å². The molecule has 7 nitrogen and oxygen atoms in total. The topological polar surface area (TPSA) is 79.0 Å². The summed E-state index contributed by atoms with van der Waals surface area (Å²) in [5.74, 6) is 0.494. The van der Waals surface area contributed by atoms with Crippen LogP contribution >= 0.6 is 23.4 Å². The molecule has 2 aromatic heterocycles.